The van der Waals surface area contributed by atoms with E-state index in [4.69, 9.17) is 9.15 Å². The van der Waals surface area contributed by atoms with Crippen LogP contribution in [0.5, 0.6) is 0 Å². The van der Waals surface area contributed by atoms with E-state index in [-0.39, 0.29) is 6.09 Å². The summed E-state index contributed by atoms with van der Waals surface area (Å²) in [4.78, 5) is 23.0. The maximum absolute atomic E-state index is 11.7. The molecule has 1 aliphatic heterocycles. The molecule has 0 bridgehead atoms. The monoisotopic (exact) mass is 344 g/mol. The van der Waals surface area contributed by atoms with Crippen molar-refractivity contribution >= 4 is 6.09 Å². The maximum Gasteiger partial charge on any atom is 0.407 e. The highest BCUT2D eigenvalue weighted by Gasteiger charge is 2.20. The average molecular weight is 344 g/mol. The van der Waals surface area contributed by atoms with Gasteiger partial charge in [0, 0.05) is 32.4 Å². The summed E-state index contributed by atoms with van der Waals surface area (Å²) in [7, 11) is 0. The molecule has 0 aromatic carbocycles. The zero-order chi connectivity index (χ0) is 17.9. The number of furan rings is 1. The Bertz CT molecular complexity index is 722. The minimum absolute atomic E-state index is 0.382. The Morgan fingerprint density at radius 2 is 2.28 bits per heavy atom. The second-order valence-corrected chi connectivity index (χ2v) is 7.10. The van der Waals surface area contributed by atoms with E-state index in [0.717, 1.165) is 31.7 Å². The molecule has 0 radical (unpaired) electrons. The van der Waals surface area contributed by atoms with Crippen LogP contribution in [-0.4, -0.2) is 46.2 Å². The topological polar surface area (TPSA) is 80.5 Å². The Morgan fingerprint density at radius 1 is 1.44 bits per heavy atom. The van der Waals surface area contributed by atoms with Crippen LogP contribution < -0.4 is 5.32 Å². The summed E-state index contributed by atoms with van der Waals surface area (Å²) in [6.07, 6.45) is 4.02. The summed E-state index contributed by atoms with van der Waals surface area (Å²) in [5, 5.41) is 2.79. The molecule has 1 aliphatic rings. The van der Waals surface area contributed by atoms with Crippen molar-refractivity contribution in [3.8, 4) is 11.6 Å². The van der Waals surface area contributed by atoms with E-state index >= 15 is 0 Å². The molecule has 1 amide bonds. The number of amides is 1. The van der Waals surface area contributed by atoms with E-state index in [0.29, 0.717) is 18.1 Å². The molecule has 2 aromatic heterocycles. The Balaban J connectivity index is 1.54. The van der Waals surface area contributed by atoms with Crippen LogP contribution in [0.2, 0.25) is 0 Å². The number of aromatic nitrogens is 2. The minimum Gasteiger partial charge on any atom is -0.461 e. The summed E-state index contributed by atoms with van der Waals surface area (Å²) in [5.41, 5.74) is 1.71. The van der Waals surface area contributed by atoms with E-state index in [1.165, 1.54) is 5.56 Å². The second-order valence-electron chi connectivity index (χ2n) is 7.10. The molecule has 0 fully saturated rings. The number of rotatable bonds is 4. The first-order valence-electron chi connectivity index (χ1n) is 8.48. The molecule has 0 spiro atoms. The highest BCUT2D eigenvalue weighted by molar-refractivity contribution is 5.67. The summed E-state index contributed by atoms with van der Waals surface area (Å²) in [5.74, 6) is 1.28. The van der Waals surface area contributed by atoms with Crippen LogP contribution in [0.3, 0.4) is 0 Å². The van der Waals surface area contributed by atoms with E-state index in [1.54, 1.807) is 6.26 Å². The Hall–Kier alpha value is -2.41. The van der Waals surface area contributed by atoms with Crippen LogP contribution in [0.25, 0.3) is 11.6 Å². The molecule has 134 valence electrons. The highest BCUT2D eigenvalue weighted by atomic mass is 16.6. The van der Waals surface area contributed by atoms with E-state index in [2.05, 4.69) is 20.2 Å². The Labute approximate surface area is 147 Å². The van der Waals surface area contributed by atoms with Crippen LogP contribution >= 0.6 is 0 Å². The van der Waals surface area contributed by atoms with E-state index in [9.17, 15) is 4.79 Å². The van der Waals surface area contributed by atoms with Crippen LogP contribution in [0.1, 0.15) is 32.0 Å². The fraction of sp³-hybridized carbons (Fsp3) is 0.500. The zero-order valence-electron chi connectivity index (χ0n) is 14.9. The predicted molar refractivity (Wildman–Crippen MR) is 93.0 cm³/mol. The molecule has 0 aliphatic carbocycles. The lowest BCUT2D eigenvalue weighted by atomic mass is 10.1. The van der Waals surface area contributed by atoms with Crippen molar-refractivity contribution in [1.82, 2.24) is 20.2 Å². The SMILES string of the molecule is CC(C)(C)OC(=O)NCCN1CCc2cnc(-c3ccco3)nc2C1. The lowest BCUT2D eigenvalue weighted by molar-refractivity contribution is 0.0521. The van der Waals surface area contributed by atoms with Gasteiger partial charge < -0.3 is 14.5 Å². The van der Waals surface area contributed by atoms with Crippen molar-refractivity contribution in [2.75, 3.05) is 19.6 Å². The summed E-state index contributed by atoms with van der Waals surface area (Å²) in [6.45, 7) is 8.51. The van der Waals surface area contributed by atoms with E-state index < -0.39 is 5.60 Å². The van der Waals surface area contributed by atoms with Crippen molar-refractivity contribution in [2.45, 2.75) is 39.3 Å². The maximum atomic E-state index is 11.7. The molecule has 7 heteroatoms. The van der Waals surface area contributed by atoms with Gasteiger partial charge in [-0.1, -0.05) is 0 Å². The molecule has 3 rings (SSSR count). The molecule has 7 nitrogen and oxygen atoms in total. The third-order valence-electron chi connectivity index (χ3n) is 3.86. The normalized spacial score (nSPS) is 14.8. The van der Waals surface area contributed by atoms with Gasteiger partial charge in [-0.2, -0.15) is 0 Å². The third-order valence-corrected chi connectivity index (χ3v) is 3.86. The van der Waals surface area contributed by atoms with Gasteiger partial charge in [-0.3, -0.25) is 4.90 Å². The van der Waals surface area contributed by atoms with Gasteiger partial charge in [-0.25, -0.2) is 14.8 Å². The first-order chi connectivity index (χ1) is 11.9. The molecule has 2 aromatic rings. The Kier molecular flexibility index (Phi) is 5.03. The van der Waals surface area contributed by atoms with E-state index in [1.807, 2.05) is 39.1 Å². The third kappa shape index (κ3) is 4.79. The number of carbonyl (C=O) groups excluding carboxylic acids is 1. The standard InChI is InChI=1S/C18H24N4O3/c1-18(2,3)25-17(23)19-7-9-22-8-6-13-11-20-16(21-14(13)12-22)15-5-4-10-24-15/h4-5,10-11H,6-9,12H2,1-3H3,(H,19,23). The van der Waals surface area contributed by atoms with Crippen molar-refractivity contribution in [3.63, 3.8) is 0 Å². The fourth-order valence-electron chi connectivity index (χ4n) is 2.70. The van der Waals surface area contributed by atoms with Gasteiger partial charge in [-0.05, 0) is 44.9 Å². The van der Waals surface area contributed by atoms with Crippen molar-refractivity contribution in [1.29, 1.82) is 0 Å². The predicted octanol–water partition coefficient (Wildman–Crippen LogP) is 2.62. The summed E-state index contributed by atoms with van der Waals surface area (Å²) >= 11 is 0. The molecular formula is C18H24N4O3. The van der Waals surface area contributed by atoms with Crippen LogP contribution in [-0.2, 0) is 17.7 Å². The molecule has 25 heavy (non-hydrogen) atoms. The quantitative estimate of drug-likeness (QED) is 0.918. The van der Waals surface area contributed by atoms with Crippen molar-refractivity contribution in [2.24, 2.45) is 0 Å². The fourth-order valence-corrected chi connectivity index (χ4v) is 2.70. The number of hydrogen-bond donors (Lipinski definition) is 1. The number of hydrogen-bond acceptors (Lipinski definition) is 6. The molecule has 1 N–H and O–H groups in total. The number of fused-ring (bicyclic) bond motifs is 1. The summed E-state index contributed by atoms with van der Waals surface area (Å²) in [6, 6.07) is 3.68. The highest BCUT2D eigenvalue weighted by Crippen LogP contribution is 2.21. The van der Waals surface area contributed by atoms with Crippen LogP contribution in [0.15, 0.2) is 29.0 Å². The van der Waals surface area contributed by atoms with Gasteiger partial charge >= 0.3 is 6.09 Å². The zero-order valence-corrected chi connectivity index (χ0v) is 14.9. The number of ether oxygens (including phenoxy) is 1. The number of nitrogens with zero attached hydrogens (tertiary/aromatic N) is 3. The van der Waals surface area contributed by atoms with Gasteiger partial charge in [0.2, 0.25) is 0 Å². The van der Waals surface area contributed by atoms with Gasteiger partial charge in [0.1, 0.15) is 5.60 Å². The summed E-state index contributed by atoms with van der Waals surface area (Å²) < 4.78 is 10.6. The average Bonchev–Trinajstić information content (AvgIpc) is 3.07. The largest absolute Gasteiger partial charge is 0.461 e. The molecular weight excluding hydrogens is 320 g/mol. The number of nitrogens with one attached hydrogen (secondary N) is 1. The number of alkyl carbamates (subject to hydrolysis) is 1. The molecule has 0 saturated carbocycles. The smallest absolute Gasteiger partial charge is 0.407 e. The molecule has 3 heterocycles. The molecule has 0 saturated heterocycles. The van der Waals surface area contributed by atoms with Gasteiger partial charge in [0.25, 0.3) is 0 Å². The molecule has 0 unspecified atom stereocenters. The number of carbonyl (C=O) groups is 1. The first-order valence-corrected chi connectivity index (χ1v) is 8.48. The lowest BCUT2D eigenvalue weighted by Gasteiger charge is -2.28. The second kappa shape index (κ2) is 7.23. The molecule has 0 atom stereocenters. The minimum atomic E-state index is -0.479. The van der Waals surface area contributed by atoms with Crippen LogP contribution in [0.4, 0.5) is 4.79 Å². The van der Waals surface area contributed by atoms with Crippen molar-refractivity contribution < 1.29 is 13.9 Å². The van der Waals surface area contributed by atoms with Gasteiger partial charge in [0.05, 0.1) is 12.0 Å². The van der Waals surface area contributed by atoms with Crippen molar-refractivity contribution in [3.05, 3.63) is 35.9 Å². The van der Waals surface area contributed by atoms with Gasteiger partial charge in [0.15, 0.2) is 11.6 Å². The first kappa shape index (κ1) is 17.4. The Morgan fingerprint density at radius 3 is 3.00 bits per heavy atom. The lowest BCUT2D eigenvalue weighted by Crippen LogP contribution is -2.40. The van der Waals surface area contributed by atoms with Crippen LogP contribution in [0, 0.1) is 0 Å². The van der Waals surface area contributed by atoms with Gasteiger partial charge in [-0.15, -0.1) is 0 Å².